The number of ketones is 1. The standard InChI is InChI=1S/C19H20O/c1-11(2)13-5-7-15-16-8-6-14(12(3)4)10-18(16)19(20)17(15)9-13/h5-12H,1-4H3. The zero-order valence-electron chi connectivity index (χ0n) is 12.5. The molecule has 0 amide bonds. The van der Waals surface area contributed by atoms with E-state index in [1.54, 1.807) is 0 Å². The zero-order chi connectivity index (χ0) is 14.4. The Morgan fingerprint density at radius 1 is 0.650 bits per heavy atom. The first-order chi connectivity index (χ1) is 9.49. The van der Waals surface area contributed by atoms with Gasteiger partial charge in [-0.15, -0.1) is 0 Å². The minimum Gasteiger partial charge on any atom is -0.289 e. The molecule has 0 atom stereocenters. The first-order valence-corrected chi connectivity index (χ1v) is 7.32. The molecule has 0 saturated carbocycles. The van der Waals surface area contributed by atoms with Crippen molar-refractivity contribution in [3.63, 3.8) is 0 Å². The van der Waals surface area contributed by atoms with Crippen molar-refractivity contribution in [2.75, 3.05) is 0 Å². The van der Waals surface area contributed by atoms with Crippen LogP contribution in [0.4, 0.5) is 0 Å². The third-order valence-corrected chi connectivity index (χ3v) is 4.20. The second-order valence-electron chi connectivity index (χ2n) is 6.25. The number of fused-ring (bicyclic) bond motifs is 3. The molecule has 0 bridgehead atoms. The van der Waals surface area contributed by atoms with Crippen LogP contribution in [0.5, 0.6) is 0 Å². The molecular formula is C19H20O. The molecule has 1 aliphatic carbocycles. The molecule has 1 nitrogen and oxygen atoms in total. The molecule has 0 aliphatic heterocycles. The summed E-state index contributed by atoms with van der Waals surface area (Å²) < 4.78 is 0. The number of carbonyl (C=O) groups is 1. The lowest BCUT2D eigenvalue weighted by atomic mass is 9.96. The molecule has 0 aromatic heterocycles. The molecule has 0 saturated heterocycles. The minimum absolute atomic E-state index is 0.181. The van der Waals surface area contributed by atoms with E-state index in [-0.39, 0.29) is 5.78 Å². The number of hydrogen-bond acceptors (Lipinski definition) is 1. The topological polar surface area (TPSA) is 17.1 Å². The number of carbonyl (C=O) groups excluding carboxylic acids is 1. The third-order valence-electron chi connectivity index (χ3n) is 4.20. The average Bonchev–Trinajstić information content (AvgIpc) is 2.71. The number of benzene rings is 2. The smallest absolute Gasteiger partial charge is 0.194 e. The predicted molar refractivity (Wildman–Crippen MR) is 83.5 cm³/mol. The Morgan fingerprint density at radius 3 is 1.40 bits per heavy atom. The summed E-state index contributed by atoms with van der Waals surface area (Å²) in [5.74, 6) is 1.08. The van der Waals surface area contributed by atoms with Crippen molar-refractivity contribution in [2.24, 2.45) is 0 Å². The third kappa shape index (κ3) is 1.89. The van der Waals surface area contributed by atoms with E-state index in [2.05, 4.69) is 64.1 Å². The van der Waals surface area contributed by atoms with Gasteiger partial charge in [0.25, 0.3) is 0 Å². The summed E-state index contributed by atoms with van der Waals surface area (Å²) in [6.45, 7) is 8.63. The molecule has 1 heteroatoms. The lowest BCUT2D eigenvalue weighted by molar-refractivity contribution is 0.104. The van der Waals surface area contributed by atoms with Gasteiger partial charge < -0.3 is 0 Å². The van der Waals surface area contributed by atoms with Gasteiger partial charge in [-0.25, -0.2) is 0 Å². The Bertz CT molecular complexity index is 633. The van der Waals surface area contributed by atoms with Crippen LogP contribution in [0.15, 0.2) is 36.4 Å². The van der Waals surface area contributed by atoms with E-state index < -0.39 is 0 Å². The van der Waals surface area contributed by atoms with Gasteiger partial charge in [-0.2, -0.15) is 0 Å². The van der Waals surface area contributed by atoms with Gasteiger partial charge in [0.05, 0.1) is 0 Å². The van der Waals surface area contributed by atoms with Gasteiger partial charge in [-0.1, -0.05) is 52.0 Å². The minimum atomic E-state index is 0.181. The lowest BCUT2D eigenvalue weighted by Gasteiger charge is -2.08. The van der Waals surface area contributed by atoms with E-state index in [1.807, 2.05) is 0 Å². The predicted octanol–water partition coefficient (Wildman–Crippen LogP) is 5.14. The fourth-order valence-corrected chi connectivity index (χ4v) is 2.83. The molecule has 20 heavy (non-hydrogen) atoms. The molecule has 102 valence electrons. The van der Waals surface area contributed by atoms with Crippen molar-refractivity contribution >= 4 is 5.78 Å². The van der Waals surface area contributed by atoms with Gasteiger partial charge in [-0.05, 0) is 46.2 Å². The van der Waals surface area contributed by atoms with Crippen molar-refractivity contribution in [2.45, 2.75) is 39.5 Å². The molecule has 0 N–H and O–H groups in total. The van der Waals surface area contributed by atoms with Crippen LogP contribution in [0.1, 0.15) is 66.6 Å². The maximum absolute atomic E-state index is 12.6. The summed E-state index contributed by atoms with van der Waals surface area (Å²) in [5, 5.41) is 0. The molecule has 3 rings (SSSR count). The molecule has 0 heterocycles. The maximum atomic E-state index is 12.6. The van der Waals surface area contributed by atoms with Crippen LogP contribution in [0, 0.1) is 0 Å². The molecule has 1 aliphatic rings. The SMILES string of the molecule is CC(C)c1ccc2c(c1)C(=O)c1cc(C(C)C)ccc1-2. The Kier molecular flexibility index (Phi) is 3.01. The second-order valence-corrected chi connectivity index (χ2v) is 6.25. The Hall–Kier alpha value is -1.89. The average molecular weight is 264 g/mol. The summed E-state index contributed by atoms with van der Waals surface area (Å²) in [5.41, 5.74) is 6.37. The maximum Gasteiger partial charge on any atom is 0.194 e. The van der Waals surface area contributed by atoms with Crippen LogP contribution in [0.2, 0.25) is 0 Å². The van der Waals surface area contributed by atoms with E-state index >= 15 is 0 Å². The van der Waals surface area contributed by atoms with E-state index in [4.69, 9.17) is 0 Å². The first kappa shape index (κ1) is 13.1. The summed E-state index contributed by atoms with van der Waals surface area (Å²) in [6, 6.07) is 12.6. The van der Waals surface area contributed by atoms with Crippen LogP contribution >= 0.6 is 0 Å². The summed E-state index contributed by atoms with van der Waals surface area (Å²) in [6.07, 6.45) is 0. The monoisotopic (exact) mass is 264 g/mol. The van der Waals surface area contributed by atoms with Gasteiger partial charge in [-0.3, -0.25) is 4.79 Å². The van der Waals surface area contributed by atoms with Gasteiger partial charge in [0.1, 0.15) is 0 Å². The number of hydrogen-bond donors (Lipinski definition) is 0. The fourth-order valence-electron chi connectivity index (χ4n) is 2.83. The van der Waals surface area contributed by atoms with E-state index in [0.717, 1.165) is 22.3 Å². The van der Waals surface area contributed by atoms with Crippen LogP contribution in [-0.4, -0.2) is 5.78 Å². The zero-order valence-corrected chi connectivity index (χ0v) is 12.5. The van der Waals surface area contributed by atoms with E-state index in [9.17, 15) is 4.79 Å². The Labute approximate surface area is 120 Å². The van der Waals surface area contributed by atoms with Gasteiger partial charge in [0, 0.05) is 11.1 Å². The van der Waals surface area contributed by atoms with E-state index in [0.29, 0.717) is 11.8 Å². The summed E-state index contributed by atoms with van der Waals surface area (Å²) in [4.78, 5) is 12.6. The van der Waals surface area contributed by atoms with Crippen molar-refractivity contribution in [1.29, 1.82) is 0 Å². The van der Waals surface area contributed by atoms with Crippen molar-refractivity contribution < 1.29 is 4.79 Å². The molecule has 0 fully saturated rings. The molecular weight excluding hydrogens is 244 g/mol. The normalized spacial score (nSPS) is 13.0. The molecule has 2 aromatic rings. The molecule has 2 aromatic carbocycles. The van der Waals surface area contributed by atoms with Crippen molar-refractivity contribution in [3.05, 3.63) is 58.7 Å². The highest BCUT2D eigenvalue weighted by atomic mass is 16.1. The quantitative estimate of drug-likeness (QED) is 0.626. The first-order valence-electron chi connectivity index (χ1n) is 7.32. The van der Waals surface area contributed by atoms with Gasteiger partial charge in [0.15, 0.2) is 5.78 Å². The van der Waals surface area contributed by atoms with Crippen LogP contribution < -0.4 is 0 Å². The second kappa shape index (κ2) is 4.59. The van der Waals surface area contributed by atoms with Gasteiger partial charge in [0.2, 0.25) is 0 Å². The highest BCUT2D eigenvalue weighted by molar-refractivity contribution is 6.21. The highest BCUT2D eigenvalue weighted by Gasteiger charge is 2.27. The van der Waals surface area contributed by atoms with E-state index in [1.165, 1.54) is 11.1 Å². The summed E-state index contributed by atoms with van der Waals surface area (Å²) in [7, 11) is 0. The van der Waals surface area contributed by atoms with Crippen LogP contribution in [0.25, 0.3) is 11.1 Å². The largest absolute Gasteiger partial charge is 0.289 e. The number of rotatable bonds is 2. The highest BCUT2D eigenvalue weighted by Crippen LogP contribution is 2.39. The fraction of sp³-hybridized carbons (Fsp3) is 0.316. The molecule has 0 spiro atoms. The van der Waals surface area contributed by atoms with Gasteiger partial charge >= 0.3 is 0 Å². The molecule has 0 radical (unpaired) electrons. The van der Waals surface area contributed by atoms with Crippen molar-refractivity contribution in [3.8, 4) is 11.1 Å². The Balaban J connectivity index is 2.16. The van der Waals surface area contributed by atoms with Crippen LogP contribution in [-0.2, 0) is 0 Å². The Morgan fingerprint density at radius 2 is 1.05 bits per heavy atom. The van der Waals surface area contributed by atoms with Crippen LogP contribution in [0.3, 0.4) is 0 Å². The van der Waals surface area contributed by atoms with Crippen molar-refractivity contribution in [1.82, 2.24) is 0 Å². The molecule has 0 unspecified atom stereocenters. The lowest BCUT2D eigenvalue weighted by Crippen LogP contribution is -1.98. The summed E-state index contributed by atoms with van der Waals surface area (Å²) >= 11 is 0.